The van der Waals surface area contributed by atoms with Gasteiger partial charge in [-0.25, -0.2) is 9.78 Å². The van der Waals surface area contributed by atoms with Crippen molar-refractivity contribution in [2.24, 2.45) is 0 Å². The molecule has 0 fully saturated rings. The first kappa shape index (κ1) is 17.5. The summed E-state index contributed by atoms with van der Waals surface area (Å²) in [7, 11) is 0. The standard InChI is InChI=1S/C24H17NO3/c26-21-12-10-18(11-13-21)23-15-20(16-4-2-1-3-5-16)14-22(25-23)17-6-8-19(9-7-17)24(27)28/h1-15,26H,(H,27,28). The molecule has 0 radical (unpaired) electrons. The number of phenolic OH excluding ortho intramolecular Hbond substituents is 1. The van der Waals surface area contributed by atoms with E-state index in [0.29, 0.717) is 0 Å². The van der Waals surface area contributed by atoms with E-state index in [2.05, 4.69) is 0 Å². The zero-order valence-electron chi connectivity index (χ0n) is 14.9. The molecule has 4 rings (SSSR count). The Morgan fingerprint density at radius 3 is 1.71 bits per heavy atom. The molecule has 4 nitrogen and oxygen atoms in total. The summed E-state index contributed by atoms with van der Waals surface area (Å²) in [5, 5.41) is 18.7. The molecule has 1 heterocycles. The summed E-state index contributed by atoms with van der Waals surface area (Å²) in [6.07, 6.45) is 0. The van der Waals surface area contributed by atoms with Crippen LogP contribution in [-0.2, 0) is 0 Å². The lowest BCUT2D eigenvalue weighted by Gasteiger charge is -2.10. The number of phenols is 1. The third-order valence-electron chi connectivity index (χ3n) is 4.52. The summed E-state index contributed by atoms with van der Waals surface area (Å²) in [5.74, 6) is -0.755. The van der Waals surface area contributed by atoms with Gasteiger partial charge >= 0.3 is 5.97 Å². The van der Waals surface area contributed by atoms with Gasteiger partial charge in [-0.15, -0.1) is 0 Å². The summed E-state index contributed by atoms with van der Waals surface area (Å²) in [5.41, 5.74) is 5.56. The minimum atomic E-state index is -0.956. The summed E-state index contributed by atoms with van der Waals surface area (Å²) < 4.78 is 0. The molecule has 0 aliphatic carbocycles. The average molecular weight is 367 g/mol. The zero-order chi connectivity index (χ0) is 19.5. The van der Waals surface area contributed by atoms with Crippen molar-refractivity contribution >= 4 is 5.97 Å². The van der Waals surface area contributed by atoms with Gasteiger partial charge in [-0.3, -0.25) is 0 Å². The Hall–Kier alpha value is -3.92. The number of aromatic carboxylic acids is 1. The van der Waals surface area contributed by atoms with Crippen LogP contribution in [-0.4, -0.2) is 21.2 Å². The van der Waals surface area contributed by atoms with Crippen LogP contribution in [0.1, 0.15) is 10.4 Å². The molecule has 1 aromatic heterocycles. The minimum absolute atomic E-state index is 0.201. The number of carboxylic acids is 1. The van der Waals surface area contributed by atoms with Crippen molar-refractivity contribution in [2.45, 2.75) is 0 Å². The maximum Gasteiger partial charge on any atom is 0.335 e. The van der Waals surface area contributed by atoms with E-state index in [1.54, 1.807) is 36.4 Å². The largest absolute Gasteiger partial charge is 0.508 e. The maximum atomic E-state index is 11.1. The Kier molecular flexibility index (Phi) is 4.60. The molecule has 0 spiro atoms. The van der Waals surface area contributed by atoms with Crippen molar-refractivity contribution in [3.05, 3.63) is 96.6 Å². The lowest BCUT2D eigenvalue weighted by atomic mass is 9.99. The van der Waals surface area contributed by atoms with E-state index in [4.69, 9.17) is 10.1 Å². The number of hydrogen-bond donors (Lipinski definition) is 2. The number of carboxylic acid groups (broad SMARTS) is 1. The molecule has 28 heavy (non-hydrogen) atoms. The highest BCUT2D eigenvalue weighted by Gasteiger charge is 2.10. The van der Waals surface area contributed by atoms with Gasteiger partial charge < -0.3 is 10.2 Å². The fraction of sp³-hybridized carbons (Fsp3) is 0. The van der Waals surface area contributed by atoms with Crippen LogP contribution in [0.3, 0.4) is 0 Å². The first-order valence-corrected chi connectivity index (χ1v) is 8.81. The Morgan fingerprint density at radius 2 is 1.18 bits per heavy atom. The van der Waals surface area contributed by atoms with Crippen molar-refractivity contribution in [1.82, 2.24) is 4.98 Å². The van der Waals surface area contributed by atoms with E-state index in [1.165, 1.54) is 0 Å². The molecule has 0 atom stereocenters. The molecule has 0 bridgehead atoms. The molecule has 4 aromatic rings. The number of hydrogen-bond acceptors (Lipinski definition) is 3. The zero-order valence-corrected chi connectivity index (χ0v) is 14.9. The van der Waals surface area contributed by atoms with Gasteiger partial charge in [-0.2, -0.15) is 0 Å². The molecular formula is C24H17NO3. The van der Waals surface area contributed by atoms with E-state index in [9.17, 15) is 9.90 Å². The van der Waals surface area contributed by atoms with Crippen molar-refractivity contribution in [1.29, 1.82) is 0 Å². The summed E-state index contributed by atoms with van der Waals surface area (Å²) in [6, 6.07) is 27.6. The number of aromatic nitrogens is 1. The average Bonchev–Trinajstić information content (AvgIpc) is 2.74. The minimum Gasteiger partial charge on any atom is -0.508 e. The van der Waals surface area contributed by atoms with E-state index in [1.807, 2.05) is 54.6 Å². The van der Waals surface area contributed by atoms with Crippen molar-refractivity contribution in [3.63, 3.8) is 0 Å². The highest BCUT2D eigenvalue weighted by atomic mass is 16.4. The molecule has 3 aromatic carbocycles. The lowest BCUT2D eigenvalue weighted by molar-refractivity contribution is 0.0697. The van der Waals surface area contributed by atoms with Crippen LogP contribution in [0.2, 0.25) is 0 Å². The smallest absolute Gasteiger partial charge is 0.335 e. The van der Waals surface area contributed by atoms with Gasteiger partial charge in [0.1, 0.15) is 5.75 Å². The molecule has 136 valence electrons. The highest BCUT2D eigenvalue weighted by Crippen LogP contribution is 2.30. The molecule has 2 N–H and O–H groups in total. The number of rotatable bonds is 4. The predicted octanol–water partition coefficient (Wildman–Crippen LogP) is 5.49. The maximum absolute atomic E-state index is 11.1. The van der Waals surface area contributed by atoms with Crippen LogP contribution in [0.4, 0.5) is 0 Å². The van der Waals surface area contributed by atoms with Crippen LogP contribution in [0.25, 0.3) is 33.6 Å². The van der Waals surface area contributed by atoms with Crippen molar-refractivity contribution in [3.8, 4) is 39.4 Å². The molecule has 0 aliphatic heterocycles. The Morgan fingerprint density at radius 1 is 0.643 bits per heavy atom. The van der Waals surface area contributed by atoms with E-state index in [0.717, 1.165) is 33.6 Å². The fourth-order valence-electron chi connectivity index (χ4n) is 3.04. The van der Waals surface area contributed by atoms with Crippen LogP contribution in [0, 0.1) is 0 Å². The number of pyridine rings is 1. The Bertz CT molecular complexity index is 1120. The normalized spacial score (nSPS) is 10.6. The van der Waals surface area contributed by atoms with Gasteiger partial charge in [0.05, 0.1) is 17.0 Å². The Labute approximate surface area is 162 Å². The molecule has 0 amide bonds. The van der Waals surface area contributed by atoms with Crippen LogP contribution in [0.5, 0.6) is 5.75 Å². The van der Waals surface area contributed by atoms with E-state index in [-0.39, 0.29) is 11.3 Å². The van der Waals surface area contributed by atoms with Gasteiger partial charge in [0.25, 0.3) is 0 Å². The van der Waals surface area contributed by atoms with Crippen LogP contribution < -0.4 is 0 Å². The number of aromatic hydroxyl groups is 1. The third-order valence-corrected chi connectivity index (χ3v) is 4.52. The second-order valence-corrected chi connectivity index (χ2v) is 6.42. The molecule has 0 unspecified atom stereocenters. The molecule has 0 aliphatic rings. The Balaban J connectivity index is 1.86. The fourth-order valence-corrected chi connectivity index (χ4v) is 3.04. The van der Waals surface area contributed by atoms with Gasteiger partial charge in [0.2, 0.25) is 0 Å². The van der Waals surface area contributed by atoms with Gasteiger partial charge in [0.15, 0.2) is 0 Å². The third kappa shape index (κ3) is 3.62. The van der Waals surface area contributed by atoms with Crippen molar-refractivity contribution in [2.75, 3.05) is 0 Å². The first-order chi connectivity index (χ1) is 13.6. The number of benzene rings is 3. The van der Waals surface area contributed by atoms with Crippen molar-refractivity contribution < 1.29 is 15.0 Å². The summed E-state index contributed by atoms with van der Waals surface area (Å²) in [6.45, 7) is 0. The molecule has 0 saturated carbocycles. The van der Waals surface area contributed by atoms with Crippen LogP contribution >= 0.6 is 0 Å². The lowest BCUT2D eigenvalue weighted by Crippen LogP contribution is -1.96. The summed E-state index contributed by atoms with van der Waals surface area (Å²) >= 11 is 0. The predicted molar refractivity (Wildman–Crippen MR) is 109 cm³/mol. The molecule has 4 heteroatoms. The monoisotopic (exact) mass is 367 g/mol. The van der Waals surface area contributed by atoms with Gasteiger partial charge in [-0.1, -0.05) is 42.5 Å². The van der Waals surface area contributed by atoms with Crippen LogP contribution in [0.15, 0.2) is 91.0 Å². The number of nitrogens with zero attached hydrogens (tertiary/aromatic N) is 1. The second kappa shape index (κ2) is 7.37. The second-order valence-electron chi connectivity index (χ2n) is 6.42. The highest BCUT2D eigenvalue weighted by molar-refractivity contribution is 5.88. The van der Waals surface area contributed by atoms with E-state index >= 15 is 0 Å². The number of carbonyl (C=O) groups is 1. The van der Waals surface area contributed by atoms with Gasteiger partial charge in [-0.05, 0) is 59.7 Å². The topological polar surface area (TPSA) is 70.4 Å². The molecule has 0 saturated heterocycles. The summed E-state index contributed by atoms with van der Waals surface area (Å²) in [4.78, 5) is 15.9. The molecular weight excluding hydrogens is 350 g/mol. The van der Waals surface area contributed by atoms with E-state index < -0.39 is 5.97 Å². The SMILES string of the molecule is O=C(O)c1ccc(-c2cc(-c3ccccc3)cc(-c3ccc(O)cc3)n2)cc1. The first-order valence-electron chi connectivity index (χ1n) is 8.81. The quantitative estimate of drug-likeness (QED) is 0.501. The van der Waals surface area contributed by atoms with Gasteiger partial charge in [0, 0.05) is 11.1 Å².